The van der Waals surface area contributed by atoms with Crippen molar-refractivity contribution in [2.45, 2.75) is 37.6 Å². The molecule has 0 N–H and O–H groups in total. The van der Waals surface area contributed by atoms with Gasteiger partial charge in [0, 0.05) is 18.9 Å². The Bertz CT molecular complexity index is 1000. The van der Waals surface area contributed by atoms with E-state index in [0.717, 1.165) is 24.6 Å². The van der Waals surface area contributed by atoms with E-state index in [0.29, 0.717) is 23.4 Å². The zero-order valence-electron chi connectivity index (χ0n) is 15.4. The highest BCUT2D eigenvalue weighted by molar-refractivity contribution is 8.18. The van der Waals surface area contributed by atoms with Crippen molar-refractivity contribution >= 4 is 50.8 Å². The van der Waals surface area contributed by atoms with Crippen molar-refractivity contribution in [3.8, 4) is 0 Å². The maximum Gasteiger partial charge on any atom is 0.293 e. The summed E-state index contributed by atoms with van der Waals surface area (Å²) in [6.07, 6.45) is 7.44. The Morgan fingerprint density at radius 3 is 2.75 bits per heavy atom. The number of allylic oxidation sites excluding steroid dienone is 1. The molecule has 0 radical (unpaired) electrons. The molecule has 0 aliphatic carbocycles. The minimum atomic E-state index is -3.48. The summed E-state index contributed by atoms with van der Waals surface area (Å²) < 4.78 is 26.8. The molecule has 2 amide bonds. The van der Waals surface area contributed by atoms with Gasteiger partial charge >= 0.3 is 0 Å². The van der Waals surface area contributed by atoms with Gasteiger partial charge in [0.2, 0.25) is 0 Å². The number of amides is 2. The molecular formula is C18H22ClN3O4S2. The van der Waals surface area contributed by atoms with Gasteiger partial charge in [-0.3, -0.25) is 18.9 Å². The summed E-state index contributed by atoms with van der Waals surface area (Å²) in [6.45, 7) is 2.24. The molecule has 0 aromatic carbocycles. The van der Waals surface area contributed by atoms with Crippen LogP contribution in [0.5, 0.6) is 0 Å². The van der Waals surface area contributed by atoms with E-state index in [1.54, 1.807) is 41.1 Å². The summed E-state index contributed by atoms with van der Waals surface area (Å²) in [5, 5.41) is -0.0837. The number of imidazole rings is 1. The summed E-state index contributed by atoms with van der Waals surface area (Å²) in [4.78, 5) is 30.0. The summed E-state index contributed by atoms with van der Waals surface area (Å²) >= 11 is 0.955. The molecule has 2 aromatic heterocycles. The Hall–Kier alpha value is -1.84. The highest BCUT2D eigenvalue weighted by Crippen LogP contribution is 2.31. The number of carbonyl (C=O) groups excluding carboxylic acids is 2. The highest BCUT2D eigenvalue weighted by Gasteiger charge is 2.34. The van der Waals surface area contributed by atoms with Crippen LogP contribution in [0.4, 0.5) is 4.79 Å². The molecule has 1 aliphatic heterocycles. The van der Waals surface area contributed by atoms with E-state index in [4.69, 9.17) is 0 Å². The molecule has 1 fully saturated rings. The number of rotatable bonds is 8. The number of pyridine rings is 1. The molecule has 2 aromatic rings. The lowest BCUT2D eigenvalue weighted by atomic mass is 10.3. The average molecular weight is 444 g/mol. The van der Waals surface area contributed by atoms with Crippen LogP contribution in [-0.2, 0) is 14.6 Å². The van der Waals surface area contributed by atoms with Crippen molar-refractivity contribution in [2.24, 2.45) is 0 Å². The lowest BCUT2D eigenvalue weighted by molar-refractivity contribution is -0.122. The first kappa shape index (κ1) is 22.4. The minimum Gasteiger partial charge on any atom is -0.290 e. The second-order valence-corrected chi connectivity index (χ2v) is 9.28. The van der Waals surface area contributed by atoms with Crippen LogP contribution in [0.3, 0.4) is 0 Å². The van der Waals surface area contributed by atoms with Gasteiger partial charge in [-0.15, -0.1) is 12.4 Å². The van der Waals surface area contributed by atoms with Crippen LogP contribution in [0.2, 0.25) is 0 Å². The zero-order chi connectivity index (χ0) is 19.4. The third kappa shape index (κ3) is 4.76. The van der Waals surface area contributed by atoms with E-state index in [-0.39, 0.29) is 40.9 Å². The van der Waals surface area contributed by atoms with Gasteiger partial charge in [-0.1, -0.05) is 25.5 Å². The second-order valence-electron chi connectivity index (χ2n) is 6.23. The van der Waals surface area contributed by atoms with Crippen molar-refractivity contribution in [3.63, 3.8) is 0 Å². The normalized spacial score (nSPS) is 16.2. The number of nitrogens with zero attached hydrogens (tertiary/aromatic N) is 3. The van der Waals surface area contributed by atoms with Crippen molar-refractivity contribution in [1.82, 2.24) is 14.3 Å². The first-order chi connectivity index (χ1) is 12.9. The number of unbranched alkanes of at least 4 members (excludes halogenated alkanes) is 2. The van der Waals surface area contributed by atoms with Gasteiger partial charge in [0.1, 0.15) is 10.7 Å². The molecule has 0 spiro atoms. The fraction of sp³-hybridized carbons (Fsp3) is 0.389. The molecule has 1 saturated heterocycles. The fourth-order valence-corrected chi connectivity index (χ4v) is 5.25. The molecule has 0 unspecified atom stereocenters. The van der Waals surface area contributed by atoms with E-state index >= 15 is 0 Å². The maximum absolute atomic E-state index is 12.6. The Morgan fingerprint density at radius 1 is 1.21 bits per heavy atom. The standard InChI is InChI=1S/C18H21N3O4S2.ClH/c1-2-3-7-14-17(22)21(18(23)26-14)11-4-5-13-27(24,25)16-9-6-8-15-19-10-12-20(15)16;/h6-10,12H,2-5,11,13H2,1H3;1H/b14-7+;. The first-order valence-electron chi connectivity index (χ1n) is 8.82. The van der Waals surface area contributed by atoms with Crippen molar-refractivity contribution in [3.05, 3.63) is 41.6 Å². The average Bonchev–Trinajstić information content (AvgIpc) is 3.22. The number of carbonyl (C=O) groups is 2. The van der Waals surface area contributed by atoms with Crippen LogP contribution >= 0.6 is 24.2 Å². The number of hydrogen-bond acceptors (Lipinski definition) is 6. The van der Waals surface area contributed by atoms with Gasteiger partial charge in [-0.05, 0) is 43.2 Å². The maximum atomic E-state index is 12.6. The lowest BCUT2D eigenvalue weighted by Gasteiger charge is -2.12. The van der Waals surface area contributed by atoms with Gasteiger partial charge < -0.3 is 0 Å². The molecule has 3 heterocycles. The lowest BCUT2D eigenvalue weighted by Crippen LogP contribution is -2.29. The Labute approximate surface area is 174 Å². The number of imide groups is 1. The molecule has 0 saturated carbocycles. The summed E-state index contributed by atoms with van der Waals surface area (Å²) in [7, 11) is -3.48. The van der Waals surface area contributed by atoms with Gasteiger partial charge in [-0.25, -0.2) is 13.4 Å². The molecule has 28 heavy (non-hydrogen) atoms. The fourth-order valence-electron chi connectivity index (χ4n) is 2.85. The molecule has 10 heteroatoms. The van der Waals surface area contributed by atoms with Crippen LogP contribution in [0.25, 0.3) is 5.65 Å². The van der Waals surface area contributed by atoms with Crippen LogP contribution in [0.1, 0.15) is 32.6 Å². The summed E-state index contributed by atoms with van der Waals surface area (Å²) in [5.74, 6) is -0.323. The number of aromatic nitrogens is 2. The molecule has 0 bridgehead atoms. The molecule has 1 aliphatic rings. The third-order valence-corrected chi connectivity index (χ3v) is 7.00. The van der Waals surface area contributed by atoms with Gasteiger partial charge in [0.05, 0.1) is 10.7 Å². The molecular weight excluding hydrogens is 422 g/mol. The Balaban J connectivity index is 0.00000280. The van der Waals surface area contributed by atoms with Gasteiger partial charge in [0.25, 0.3) is 11.1 Å². The van der Waals surface area contributed by atoms with Crippen LogP contribution in [0.15, 0.2) is 46.6 Å². The predicted molar refractivity (Wildman–Crippen MR) is 111 cm³/mol. The predicted octanol–water partition coefficient (Wildman–Crippen LogP) is 3.69. The summed E-state index contributed by atoms with van der Waals surface area (Å²) in [6, 6.07) is 4.96. The highest BCUT2D eigenvalue weighted by atomic mass is 35.5. The molecule has 3 rings (SSSR count). The van der Waals surface area contributed by atoms with Gasteiger partial charge in [-0.2, -0.15) is 0 Å². The van der Waals surface area contributed by atoms with E-state index in [9.17, 15) is 18.0 Å². The van der Waals surface area contributed by atoms with E-state index < -0.39 is 9.84 Å². The summed E-state index contributed by atoms with van der Waals surface area (Å²) in [5.41, 5.74) is 0.577. The topological polar surface area (TPSA) is 88.8 Å². The SMILES string of the molecule is CCC/C=C1/SC(=O)N(CCCCS(=O)(=O)c2cccc3nccn23)C1=O.Cl. The quantitative estimate of drug-likeness (QED) is 0.456. The smallest absolute Gasteiger partial charge is 0.290 e. The monoisotopic (exact) mass is 443 g/mol. The van der Waals surface area contributed by atoms with E-state index in [2.05, 4.69) is 4.98 Å². The van der Waals surface area contributed by atoms with E-state index in [1.807, 2.05) is 6.92 Å². The molecule has 0 atom stereocenters. The third-order valence-electron chi connectivity index (χ3n) is 4.25. The number of sulfone groups is 1. The number of fused-ring (bicyclic) bond motifs is 1. The number of thioether (sulfide) groups is 1. The largest absolute Gasteiger partial charge is 0.293 e. The number of halogens is 1. The number of hydrogen-bond donors (Lipinski definition) is 0. The van der Waals surface area contributed by atoms with E-state index in [1.165, 1.54) is 4.90 Å². The van der Waals surface area contributed by atoms with Gasteiger partial charge in [0.15, 0.2) is 9.84 Å². The molecule has 7 nitrogen and oxygen atoms in total. The Kier molecular flexibility index (Phi) is 7.68. The zero-order valence-corrected chi connectivity index (χ0v) is 17.9. The van der Waals surface area contributed by atoms with Crippen molar-refractivity contribution in [2.75, 3.05) is 12.3 Å². The van der Waals surface area contributed by atoms with Crippen LogP contribution in [-0.4, -0.2) is 46.1 Å². The van der Waals surface area contributed by atoms with Crippen LogP contribution < -0.4 is 0 Å². The van der Waals surface area contributed by atoms with Crippen LogP contribution in [0, 0.1) is 0 Å². The van der Waals surface area contributed by atoms with Crippen molar-refractivity contribution < 1.29 is 18.0 Å². The van der Waals surface area contributed by atoms with Crippen molar-refractivity contribution in [1.29, 1.82) is 0 Å². The minimum absolute atomic E-state index is 0. The first-order valence-corrected chi connectivity index (χ1v) is 11.3. The Morgan fingerprint density at radius 2 is 2.00 bits per heavy atom. The molecule has 152 valence electrons. The second kappa shape index (κ2) is 9.58.